The lowest BCUT2D eigenvalue weighted by Crippen LogP contribution is -2.41. The van der Waals surface area contributed by atoms with Gasteiger partial charge in [-0.15, -0.1) is 24.0 Å². The van der Waals surface area contributed by atoms with Crippen LogP contribution in [0.3, 0.4) is 0 Å². The van der Waals surface area contributed by atoms with Crippen LogP contribution in [-0.2, 0) is 4.79 Å². The van der Waals surface area contributed by atoms with E-state index in [4.69, 9.17) is 11.6 Å². The summed E-state index contributed by atoms with van der Waals surface area (Å²) in [6.45, 7) is 7.17. The number of nitrogens with one attached hydrogen (secondary N) is 2. The van der Waals surface area contributed by atoms with Crippen LogP contribution in [0.15, 0.2) is 29.3 Å². The highest BCUT2D eigenvalue weighted by Crippen LogP contribution is 2.17. The minimum absolute atomic E-state index is 0. The third-order valence-electron chi connectivity index (χ3n) is 3.25. The summed E-state index contributed by atoms with van der Waals surface area (Å²) in [4.78, 5) is 17.6. The van der Waals surface area contributed by atoms with Crippen LogP contribution in [0.1, 0.15) is 32.4 Å². The summed E-state index contributed by atoms with van der Waals surface area (Å²) in [6, 6.07) is 7.73. The quantitative estimate of drug-likeness (QED) is 0.384. The molecule has 24 heavy (non-hydrogen) atoms. The van der Waals surface area contributed by atoms with Gasteiger partial charge in [0.05, 0.1) is 6.04 Å². The summed E-state index contributed by atoms with van der Waals surface area (Å²) in [5.74, 6) is 1.07. The first-order chi connectivity index (χ1) is 10.8. The van der Waals surface area contributed by atoms with Crippen molar-refractivity contribution < 1.29 is 4.79 Å². The van der Waals surface area contributed by atoms with E-state index in [1.807, 2.05) is 31.2 Å². The molecule has 0 spiro atoms. The molecule has 1 amide bonds. The van der Waals surface area contributed by atoms with Crippen molar-refractivity contribution >= 4 is 47.4 Å². The topological polar surface area (TPSA) is 56.7 Å². The molecule has 0 saturated heterocycles. The van der Waals surface area contributed by atoms with Crippen molar-refractivity contribution in [1.29, 1.82) is 0 Å². The lowest BCUT2D eigenvalue weighted by molar-refractivity contribution is -0.127. The predicted octanol–water partition coefficient (Wildman–Crippen LogP) is 3.30. The van der Waals surface area contributed by atoms with E-state index in [9.17, 15) is 4.79 Å². The first-order valence-electron chi connectivity index (χ1n) is 7.80. The molecule has 0 aromatic heterocycles. The fourth-order valence-corrected chi connectivity index (χ4v) is 2.00. The van der Waals surface area contributed by atoms with Gasteiger partial charge < -0.3 is 15.5 Å². The molecule has 1 rings (SSSR count). The van der Waals surface area contributed by atoms with E-state index in [2.05, 4.69) is 29.5 Å². The number of carbonyl (C=O) groups is 1. The minimum Gasteiger partial charge on any atom is -0.356 e. The predicted molar refractivity (Wildman–Crippen MR) is 112 cm³/mol. The molecule has 2 N–H and O–H groups in total. The maximum Gasteiger partial charge on any atom is 0.243 e. The fraction of sp³-hybridized carbons (Fsp3) is 0.529. The van der Waals surface area contributed by atoms with Crippen molar-refractivity contribution in [3.8, 4) is 0 Å². The largest absolute Gasteiger partial charge is 0.356 e. The van der Waals surface area contributed by atoms with Gasteiger partial charge in [0, 0.05) is 25.7 Å². The molecular weight excluding hydrogens is 439 g/mol. The van der Waals surface area contributed by atoms with Crippen molar-refractivity contribution in [2.24, 2.45) is 10.9 Å². The van der Waals surface area contributed by atoms with Crippen molar-refractivity contribution in [3.05, 3.63) is 34.9 Å². The zero-order valence-electron chi connectivity index (χ0n) is 15.0. The number of likely N-dealkylation sites (N-methyl/N-ethyl adjacent to an activating group) is 1. The van der Waals surface area contributed by atoms with Crippen LogP contribution >= 0.6 is 35.6 Å². The Morgan fingerprint density at radius 1 is 1.29 bits per heavy atom. The smallest absolute Gasteiger partial charge is 0.243 e. The molecule has 136 valence electrons. The Hall–Kier alpha value is -1.02. The molecule has 0 heterocycles. The Balaban J connectivity index is 0.00000529. The van der Waals surface area contributed by atoms with E-state index < -0.39 is 0 Å². The second-order valence-corrected chi connectivity index (χ2v) is 6.59. The number of benzene rings is 1. The summed E-state index contributed by atoms with van der Waals surface area (Å²) < 4.78 is 0. The molecule has 1 unspecified atom stereocenters. The van der Waals surface area contributed by atoms with Gasteiger partial charge in [0.25, 0.3) is 0 Å². The highest BCUT2D eigenvalue weighted by atomic mass is 127. The van der Waals surface area contributed by atoms with Gasteiger partial charge in [-0.1, -0.05) is 37.6 Å². The fourth-order valence-electron chi connectivity index (χ4n) is 1.81. The maximum atomic E-state index is 11.7. The Morgan fingerprint density at radius 2 is 1.96 bits per heavy atom. The Kier molecular flexibility index (Phi) is 11.0. The van der Waals surface area contributed by atoms with Crippen LogP contribution < -0.4 is 10.6 Å². The summed E-state index contributed by atoms with van der Waals surface area (Å²) in [5, 5.41) is 7.28. The standard InChI is InChI=1S/C17H27ClN4O.HI/c1-12(2)10-19-17(20-11-16(23)22(4)5)21-13(3)14-7-6-8-15(18)9-14;/h6-9,12-13H,10-11H2,1-5H3,(H2,19,20,21);1H. The van der Waals surface area contributed by atoms with Gasteiger partial charge >= 0.3 is 0 Å². The summed E-state index contributed by atoms with van der Waals surface area (Å²) >= 11 is 6.04. The number of hydrogen-bond acceptors (Lipinski definition) is 2. The summed E-state index contributed by atoms with van der Waals surface area (Å²) in [5.41, 5.74) is 1.07. The molecule has 5 nitrogen and oxygen atoms in total. The number of nitrogens with zero attached hydrogens (tertiary/aromatic N) is 2. The van der Waals surface area contributed by atoms with Crippen molar-refractivity contribution in [2.45, 2.75) is 26.8 Å². The van der Waals surface area contributed by atoms with Gasteiger partial charge in [-0.2, -0.15) is 0 Å². The molecule has 0 fully saturated rings. The molecule has 1 aromatic carbocycles. The SMILES string of the molecule is CC(C)CNC(=NCC(=O)N(C)C)NC(C)c1cccc(Cl)c1.I. The van der Waals surface area contributed by atoms with Crippen LogP contribution in [0.2, 0.25) is 5.02 Å². The highest BCUT2D eigenvalue weighted by molar-refractivity contribution is 14.0. The number of rotatable bonds is 6. The number of hydrogen-bond donors (Lipinski definition) is 2. The van der Waals surface area contributed by atoms with Gasteiger partial charge in [0.1, 0.15) is 6.54 Å². The van der Waals surface area contributed by atoms with E-state index >= 15 is 0 Å². The van der Waals surface area contributed by atoms with Crippen molar-refractivity contribution in [2.75, 3.05) is 27.2 Å². The Bertz CT molecular complexity index is 549. The van der Waals surface area contributed by atoms with Crippen molar-refractivity contribution in [3.63, 3.8) is 0 Å². The molecule has 0 saturated carbocycles. The van der Waals surface area contributed by atoms with Gasteiger partial charge in [0.2, 0.25) is 5.91 Å². The average Bonchev–Trinajstić information content (AvgIpc) is 2.49. The van der Waals surface area contributed by atoms with Crippen molar-refractivity contribution in [1.82, 2.24) is 15.5 Å². The summed E-state index contributed by atoms with van der Waals surface area (Å²) in [7, 11) is 3.45. The zero-order valence-corrected chi connectivity index (χ0v) is 18.1. The second kappa shape index (κ2) is 11.5. The van der Waals surface area contributed by atoms with Gasteiger partial charge in [-0.05, 0) is 30.5 Å². The van der Waals surface area contributed by atoms with Crippen LogP contribution in [-0.4, -0.2) is 44.0 Å². The molecule has 0 aliphatic carbocycles. The van der Waals surface area contributed by atoms with E-state index in [0.717, 1.165) is 12.1 Å². The first-order valence-corrected chi connectivity index (χ1v) is 8.18. The van der Waals surface area contributed by atoms with Crippen LogP contribution in [0.4, 0.5) is 0 Å². The van der Waals surface area contributed by atoms with E-state index in [0.29, 0.717) is 16.9 Å². The summed E-state index contributed by atoms with van der Waals surface area (Å²) in [6.07, 6.45) is 0. The third-order valence-corrected chi connectivity index (χ3v) is 3.49. The minimum atomic E-state index is -0.0361. The molecule has 1 aromatic rings. The lowest BCUT2D eigenvalue weighted by atomic mass is 10.1. The first kappa shape index (κ1) is 23.0. The van der Waals surface area contributed by atoms with Crippen LogP contribution in [0.5, 0.6) is 0 Å². The number of carbonyl (C=O) groups excluding carboxylic acids is 1. The van der Waals surface area contributed by atoms with E-state index in [1.54, 1.807) is 14.1 Å². The monoisotopic (exact) mass is 466 g/mol. The maximum absolute atomic E-state index is 11.7. The number of amides is 1. The Labute approximate surface area is 167 Å². The van der Waals surface area contributed by atoms with Crippen LogP contribution in [0.25, 0.3) is 0 Å². The number of halogens is 2. The number of guanidine groups is 1. The zero-order chi connectivity index (χ0) is 17.4. The Morgan fingerprint density at radius 3 is 2.50 bits per heavy atom. The molecule has 0 aliphatic rings. The lowest BCUT2D eigenvalue weighted by Gasteiger charge is -2.20. The molecule has 7 heteroatoms. The molecule has 0 bridgehead atoms. The average molecular weight is 467 g/mol. The molecular formula is C17H28ClIN4O. The molecule has 1 atom stereocenters. The third kappa shape index (κ3) is 8.73. The van der Waals surface area contributed by atoms with Gasteiger partial charge in [0.15, 0.2) is 5.96 Å². The second-order valence-electron chi connectivity index (χ2n) is 6.15. The number of aliphatic imine (C=N–C) groups is 1. The molecule has 0 radical (unpaired) electrons. The van der Waals surface area contributed by atoms with Gasteiger partial charge in [-0.25, -0.2) is 4.99 Å². The molecule has 0 aliphatic heterocycles. The van der Waals surface area contributed by atoms with E-state index in [-0.39, 0.29) is 42.5 Å². The normalized spacial score (nSPS) is 12.4. The highest BCUT2D eigenvalue weighted by Gasteiger charge is 2.10. The van der Waals surface area contributed by atoms with Gasteiger partial charge in [-0.3, -0.25) is 4.79 Å². The van der Waals surface area contributed by atoms with E-state index in [1.165, 1.54) is 4.90 Å². The van der Waals surface area contributed by atoms with Crippen LogP contribution in [0, 0.1) is 5.92 Å².